The molecule has 0 bridgehead atoms. The lowest BCUT2D eigenvalue weighted by molar-refractivity contribution is 0.162. The van der Waals surface area contributed by atoms with Gasteiger partial charge in [0, 0.05) is 24.5 Å². The summed E-state index contributed by atoms with van der Waals surface area (Å²) in [5.74, 6) is 0.793. The van der Waals surface area contributed by atoms with Gasteiger partial charge < -0.3 is 0 Å². The van der Waals surface area contributed by atoms with E-state index in [1.54, 1.807) is 12.4 Å². The van der Waals surface area contributed by atoms with E-state index in [9.17, 15) is 0 Å². The van der Waals surface area contributed by atoms with Crippen LogP contribution in [0, 0.1) is 0 Å². The van der Waals surface area contributed by atoms with E-state index in [1.807, 2.05) is 6.07 Å². The molecule has 132 valence electrons. The topological polar surface area (TPSA) is 29.0 Å². The Hall–Kier alpha value is -2.52. The predicted octanol–water partition coefficient (Wildman–Crippen LogP) is 4.70. The highest BCUT2D eigenvalue weighted by Crippen LogP contribution is 2.36. The summed E-state index contributed by atoms with van der Waals surface area (Å²) in [6.45, 7) is 5.76. The Morgan fingerprint density at radius 2 is 1.50 bits per heavy atom. The Bertz CT molecular complexity index is 820. The van der Waals surface area contributed by atoms with Crippen molar-refractivity contribution in [2.75, 3.05) is 13.1 Å². The van der Waals surface area contributed by atoms with E-state index in [-0.39, 0.29) is 5.41 Å². The lowest BCUT2D eigenvalue weighted by Crippen LogP contribution is -2.40. The van der Waals surface area contributed by atoms with Crippen molar-refractivity contribution in [3.8, 4) is 11.4 Å². The molecule has 3 heteroatoms. The van der Waals surface area contributed by atoms with Gasteiger partial charge in [-0.15, -0.1) is 0 Å². The Labute approximate surface area is 155 Å². The van der Waals surface area contributed by atoms with E-state index in [4.69, 9.17) is 0 Å². The van der Waals surface area contributed by atoms with Crippen LogP contribution < -0.4 is 0 Å². The molecule has 26 heavy (non-hydrogen) atoms. The van der Waals surface area contributed by atoms with E-state index in [2.05, 4.69) is 76.4 Å². The van der Waals surface area contributed by atoms with Gasteiger partial charge in [-0.3, -0.25) is 4.90 Å². The molecule has 3 aromatic rings. The molecule has 0 N–H and O–H groups in total. The third-order valence-electron chi connectivity index (χ3n) is 5.61. The molecule has 0 amide bonds. The highest BCUT2D eigenvalue weighted by Gasteiger charge is 2.31. The van der Waals surface area contributed by atoms with Gasteiger partial charge in [-0.25, -0.2) is 9.97 Å². The molecule has 2 heterocycles. The summed E-state index contributed by atoms with van der Waals surface area (Å²) >= 11 is 0. The second-order valence-corrected chi connectivity index (χ2v) is 7.47. The molecule has 1 aliphatic rings. The number of aromatic nitrogens is 2. The molecule has 1 saturated heterocycles. The molecule has 0 saturated carbocycles. The maximum Gasteiger partial charge on any atom is 0.159 e. The predicted molar refractivity (Wildman–Crippen MR) is 106 cm³/mol. The molecular weight excluding hydrogens is 318 g/mol. The summed E-state index contributed by atoms with van der Waals surface area (Å²) in [7, 11) is 0. The first-order valence-corrected chi connectivity index (χ1v) is 9.37. The Balaban J connectivity index is 1.42. The Kier molecular flexibility index (Phi) is 4.81. The highest BCUT2D eigenvalue weighted by atomic mass is 15.1. The molecule has 3 nitrogen and oxygen atoms in total. The Morgan fingerprint density at radius 1 is 0.846 bits per heavy atom. The SMILES string of the molecule is CC1(c2ccc(-c3ncccn3)cc2)CCN(Cc2ccccc2)CC1. The zero-order valence-electron chi connectivity index (χ0n) is 15.3. The van der Waals surface area contributed by atoms with Crippen LogP contribution in [0.1, 0.15) is 30.9 Å². The van der Waals surface area contributed by atoms with Gasteiger partial charge in [-0.2, -0.15) is 0 Å². The molecule has 0 unspecified atom stereocenters. The molecule has 1 fully saturated rings. The fourth-order valence-electron chi connectivity index (χ4n) is 3.80. The zero-order chi connectivity index (χ0) is 17.8. The molecule has 0 atom stereocenters. The number of benzene rings is 2. The van der Waals surface area contributed by atoms with Crippen LogP contribution >= 0.6 is 0 Å². The lowest BCUT2D eigenvalue weighted by atomic mass is 9.74. The number of hydrogen-bond donors (Lipinski definition) is 0. The average molecular weight is 343 g/mol. The number of nitrogens with zero attached hydrogens (tertiary/aromatic N) is 3. The van der Waals surface area contributed by atoms with Crippen LogP contribution in [0.4, 0.5) is 0 Å². The smallest absolute Gasteiger partial charge is 0.159 e. The summed E-state index contributed by atoms with van der Waals surface area (Å²) in [4.78, 5) is 11.3. The third kappa shape index (κ3) is 3.68. The van der Waals surface area contributed by atoms with Gasteiger partial charge >= 0.3 is 0 Å². The second-order valence-electron chi connectivity index (χ2n) is 7.47. The first kappa shape index (κ1) is 16.9. The van der Waals surface area contributed by atoms with Crippen LogP contribution in [0.15, 0.2) is 73.1 Å². The quantitative estimate of drug-likeness (QED) is 0.688. The number of hydrogen-bond acceptors (Lipinski definition) is 3. The Morgan fingerprint density at radius 3 is 2.15 bits per heavy atom. The van der Waals surface area contributed by atoms with Gasteiger partial charge in [0.2, 0.25) is 0 Å². The first-order chi connectivity index (χ1) is 12.7. The minimum atomic E-state index is 0.253. The summed E-state index contributed by atoms with van der Waals surface area (Å²) < 4.78 is 0. The van der Waals surface area contributed by atoms with Crippen molar-refractivity contribution in [3.05, 3.63) is 84.2 Å². The molecule has 2 aromatic carbocycles. The number of piperidine rings is 1. The average Bonchev–Trinajstić information content (AvgIpc) is 2.71. The van der Waals surface area contributed by atoms with Gasteiger partial charge in [-0.05, 0) is 48.5 Å². The molecule has 1 aromatic heterocycles. The van der Waals surface area contributed by atoms with E-state index in [1.165, 1.54) is 24.0 Å². The third-order valence-corrected chi connectivity index (χ3v) is 5.61. The summed E-state index contributed by atoms with van der Waals surface area (Å²) in [6, 6.07) is 21.5. The van der Waals surface area contributed by atoms with Crippen molar-refractivity contribution < 1.29 is 0 Å². The van der Waals surface area contributed by atoms with Crippen molar-refractivity contribution in [1.82, 2.24) is 14.9 Å². The van der Waals surface area contributed by atoms with Crippen molar-refractivity contribution in [2.45, 2.75) is 31.7 Å². The van der Waals surface area contributed by atoms with Gasteiger partial charge in [0.1, 0.15) is 0 Å². The van der Waals surface area contributed by atoms with E-state index in [0.717, 1.165) is 31.0 Å². The monoisotopic (exact) mass is 343 g/mol. The molecule has 0 aliphatic carbocycles. The second kappa shape index (κ2) is 7.38. The van der Waals surface area contributed by atoms with Crippen LogP contribution in [0.2, 0.25) is 0 Å². The fourth-order valence-corrected chi connectivity index (χ4v) is 3.80. The number of likely N-dealkylation sites (tertiary alicyclic amines) is 1. The largest absolute Gasteiger partial charge is 0.299 e. The fraction of sp³-hybridized carbons (Fsp3) is 0.304. The van der Waals surface area contributed by atoms with Crippen molar-refractivity contribution in [2.24, 2.45) is 0 Å². The van der Waals surface area contributed by atoms with Crippen LogP contribution in [0.3, 0.4) is 0 Å². The first-order valence-electron chi connectivity index (χ1n) is 9.37. The van der Waals surface area contributed by atoms with Gasteiger partial charge in [0.05, 0.1) is 0 Å². The summed E-state index contributed by atoms with van der Waals surface area (Å²) in [5, 5.41) is 0. The van der Waals surface area contributed by atoms with Crippen LogP contribution in [0.25, 0.3) is 11.4 Å². The molecule has 0 spiro atoms. The molecule has 0 radical (unpaired) electrons. The van der Waals surface area contributed by atoms with E-state index in [0.29, 0.717) is 0 Å². The maximum atomic E-state index is 4.34. The van der Waals surface area contributed by atoms with Crippen LogP contribution in [-0.4, -0.2) is 28.0 Å². The van der Waals surface area contributed by atoms with Crippen molar-refractivity contribution in [3.63, 3.8) is 0 Å². The van der Waals surface area contributed by atoms with Crippen LogP contribution in [0.5, 0.6) is 0 Å². The van der Waals surface area contributed by atoms with E-state index >= 15 is 0 Å². The standard InChI is InChI=1S/C23H25N3/c1-23(12-16-26(17-13-23)18-19-6-3-2-4-7-19)21-10-8-20(9-11-21)22-24-14-5-15-25-22/h2-11,14-15H,12-13,16-18H2,1H3. The minimum absolute atomic E-state index is 0.253. The van der Waals surface area contributed by atoms with Crippen LogP contribution in [-0.2, 0) is 12.0 Å². The van der Waals surface area contributed by atoms with Gasteiger partial charge in [-0.1, -0.05) is 61.5 Å². The maximum absolute atomic E-state index is 4.34. The van der Waals surface area contributed by atoms with Gasteiger partial charge in [0.15, 0.2) is 5.82 Å². The van der Waals surface area contributed by atoms with Gasteiger partial charge in [0.25, 0.3) is 0 Å². The van der Waals surface area contributed by atoms with E-state index < -0.39 is 0 Å². The highest BCUT2D eigenvalue weighted by molar-refractivity contribution is 5.55. The minimum Gasteiger partial charge on any atom is -0.299 e. The normalized spacial score (nSPS) is 17.1. The molecular formula is C23H25N3. The molecule has 4 rings (SSSR count). The summed E-state index contributed by atoms with van der Waals surface area (Å²) in [5.41, 5.74) is 4.17. The van der Waals surface area contributed by atoms with Crippen molar-refractivity contribution in [1.29, 1.82) is 0 Å². The lowest BCUT2D eigenvalue weighted by Gasteiger charge is -2.40. The van der Waals surface area contributed by atoms with Crippen molar-refractivity contribution >= 4 is 0 Å². The summed E-state index contributed by atoms with van der Waals surface area (Å²) in [6.07, 6.45) is 5.97. The zero-order valence-corrected chi connectivity index (χ0v) is 15.3. The number of rotatable bonds is 4. The molecule has 1 aliphatic heterocycles.